The van der Waals surface area contributed by atoms with Crippen LogP contribution < -0.4 is 5.32 Å². The lowest BCUT2D eigenvalue weighted by Crippen LogP contribution is -2.12. The zero-order valence-electron chi connectivity index (χ0n) is 16.1. The monoisotopic (exact) mass is 455 g/mol. The van der Waals surface area contributed by atoms with Crippen molar-refractivity contribution in [2.24, 2.45) is 0 Å². The first-order valence-corrected chi connectivity index (χ1v) is 11.4. The van der Waals surface area contributed by atoms with Gasteiger partial charge in [-0.15, -0.1) is 23.1 Å². The summed E-state index contributed by atoms with van der Waals surface area (Å²) in [5.41, 5.74) is 2.47. The maximum atomic E-state index is 12.9. The molecule has 0 unspecified atom stereocenters. The fourth-order valence-electron chi connectivity index (χ4n) is 2.85. The Balaban J connectivity index is 1.43. The average molecular weight is 456 g/mol. The standard InChI is InChI=1S/C22H18ClN3O2S2/c1-14-10-16(28-26-14)13-29-20-9-5-3-7-18(20)21(27)25-22-24-12-17(30-22)11-15-6-2-4-8-19(15)23/h2-10,12H,11,13H2,1H3,(H,24,25,27). The number of aromatic nitrogens is 2. The summed E-state index contributed by atoms with van der Waals surface area (Å²) in [7, 11) is 0. The molecule has 1 amide bonds. The largest absolute Gasteiger partial charge is 0.360 e. The molecule has 0 atom stereocenters. The molecule has 0 aliphatic rings. The van der Waals surface area contributed by atoms with Gasteiger partial charge in [-0.3, -0.25) is 10.1 Å². The highest BCUT2D eigenvalue weighted by Gasteiger charge is 2.15. The predicted octanol–water partition coefficient (Wildman–Crippen LogP) is 6.23. The maximum absolute atomic E-state index is 12.9. The molecule has 152 valence electrons. The molecule has 1 N–H and O–H groups in total. The molecule has 0 radical (unpaired) electrons. The van der Waals surface area contributed by atoms with Crippen molar-refractivity contribution in [3.05, 3.63) is 93.3 Å². The Hall–Kier alpha value is -2.61. The highest BCUT2D eigenvalue weighted by Crippen LogP contribution is 2.29. The van der Waals surface area contributed by atoms with Gasteiger partial charge < -0.3 is 4.52 Å². The zero-order valence-corrected chi connectivity index (χ0v) is 18.5. The van der Waals surface area contributed by atoms with E-state index in [0.29, 0.717) is 22.9 Å². The van der Waals surface area contributed by atoms with Gasteiger partial charge in [0.15, 0.2) is 5.13 Å². The van der Waals surface area contributed by atoms with Gasteiger partial charge in [0.05, 0.1) is 17.0 Å². The number of thioether (sulfide) groups is 1. The van der Waals surface area contributed by atoms with Gasteiger partial charge >= 0.3 is 0 Å². The highest BCUT2D eigenvalue weighted by atomic mass is 35.5. The smallest absolute Gasteiger partial charge is 0.258 e. The zero-order chi connectivity index (χ0) is 20.9. The number of nitrogens with one attached hydrogen (secondary N) is 1. The maximum Gasteiger partial charge on any atom is 0.258 e. The molecule has 0 spiro atoms. The van der Waals surface area contributed by atoms with Gasteiger partial charge in [-0.1, -0.05) is 47.1 Å². The molecule has 0 saturated carbocycles. The van der Waals surface area contributed by atoms with Gasteiger partial charge in [0, 0.05) is 33.5 Å². The van der Waals surface area contributed by atoms with E-state index in [-0.39, 0.29) is 5.91 Å². The molecule has 2 aromatic carbocycles. The quantitative estimate of drug-likeness (QED) is 0.334. The molecule has 4 rings (SSSR count). The first kappa shape index (κ1) is 20.7. The molecule has 0 fully saturated rings. The highest BCUT2D eigenvalue weighted by molar-refractivity contribution is 7.98. The van der Waals surface area contributed by atoms with Gasteiger partial charge in [0.25, 0.3) is 5.91 Å². The lowest BCUT2D eigenvalue weighted by atomic mass is 10.1. The Kier molecular flexibility index (Phi) is 6.52. The van der Waals surface area contributed by atoms with Crippen LogP contribution in [0.1, 0.15) is 32.3 Å². The molecule has 4 aromatic rings. The van der Waals surface area contributed by atoms with Crippen LogP contribution in [0.25, 0.3) is 0 Å². The molecule has 0 aliphatic carbocycles. The number of thiazole rings is 1. The molecule has 8 heteroatoms. The van der Waals surface area contributed by atoms with Crippen LogP contribution in [0.2, 0.25) is 5.02 Å². The Labute approximate surface area is 187 Å². The van der Waals surface area contributed by atoms with Gasteiger partial charge in [0.1, 0.15) is 5.76 Å². The van der Waals surface area contributed by atoms with E-state index >= 15 is 0 Å². The number of amides is 1. The minimum absolute atomic E-state index is 0.189. The van der Waals surface area contributed by atoms with Gasteiger partial charge in [-0.2, -0.15) is 0 Å². The third kappa shape index (κ3) is 5.11. The van der Waals surface area contributed by atoms with Gasteiger partial charge in [-0.05, 0) is 30.7 Å². The molecule has 0 aliphatic heterocycles. The number of nitrogens with zero attached hydrogens (tertiary/aromatic N) is 2. The number of hydrogen-bond donors (Lipinski definition) is 1. The van der Waals surface area contributed by atoms with Crippen LogP contribution >= 0.6 is 34.7 Å². The summed E-state index contributed by atoms with van der Waals surface area (Å²) < 4.78 is 5.25. The number of carbonyl (C=O) groups excluding carboxylic acids is 1. The molecule has 30 heavy (non-hydrogen) atoms. The van der Waals surface area contributed by atoms with E-state index in [1.807, 2.05) is 61.5 Å². The number of carbonyl (C=O) groups is 1. The minimum Gasteiger partial charge on any atom is -0.360 e. The van der Waals surface area contributed by atoms with E-state index in [4.69, 9.17) is 16.1 Å². The summed E-state index contributed by atoms with van der Waals surface area (Å²) in [6, 6.07) is 17.1. The fourth-order valence-corrected chi connectivity index (χ4v) is 4.81. The lowest BCUT2D eigenvalue weighted by Gasteiger charge is -2.07. The van der Waals surface area contributed by atoms with Crippen LogP contribution in [0.3, 0.4) is 0 Å². The predicted molar refractivity (Wildman–Crippen MR) is 122 cm³/mol. The summed E-state index contributed by atoms with van der Waals surface area (Å²) >= 11 is 9.22. The second kappa shape index (κ2) is 9.47. The summed E-state index contributed by atoms with van der Waals surface area (Å²) in [6.07, 6.45) is 2.45. The summed E-state index contributed by atoms with van der Waals surface area (Å²) in [4.78, 5) is 19.1. The normalized spacial score (nSPS) is 10.9. The third-order valence-corrected chi connectivity index (χ3v) is 6.65. The summed E-state index contributed by atoms with van der Waals surface area (Å²) in [6.45, 7) is 1.88. The summed E-state index contributed by atoms with van der Waals surface area (Å²) in [5, 5.41) is 8.09. The van der Waals surface area contributed by atoms with Crippen molar-refractivity contribution in [3.63, 3.8) is 0 Å². The van der Waals surface area contributed by atoms with Crippen LogP contribution in [-0.2, 0) is 12.2 Å². The second-order valence-corrected chi connectivity index (χ2v) is 9.11. The van der Waals surface area contributed by atoms with Crippen LogP contribution in [-0.4, -0.2) is 16.0 Å². The van der Waals surface area contributed by atoms with E-state index in [0.717, 1.165) is 31.8 Å². The SMILES string of the molecule is Cc1cc(CSc2ccccc2C(=O)Nc2ncc(Cc3ccccc3Cl)s2)on1. The topological polar surface area (TPSA) is 68.0 Å². The van der Waals surface area contributed by atoms with Crippen LogP contribution in [0.5, 0.6) is 0 Å². The van der Waals surface area contributed by atoms with Crippen molar-refractivity contribution in [1.29, 1.82) is 0 Å². The average Bonchev–Trinajstić information content (AvgIpc) is 3.37. The number of aryl methyl sites for hydroxylation is 1. The van der Waals surface area contributed by atoms with Crippen LogP contribution in [0.4, 0.5) is 5.13 Å². The van der Waals surface area contributed by atoms with Crippen LogP contribution in [0, 0.1) is 6.92 Å². The second-order valence-electron chi connectivity index (χ2n) is 6.57. The van der Waals surface area contributed by atoms with Crippen molar-refractivity contribution in [2.45, 2.75) is 24.0 Å². The van der Waals surface area contributed by atoms with Crippen molar-refractivity contribution < 1.29 is 9.32 Å². The Morgan fingerprint density at radius 1 is 1.20 bits per heavy atom. The number of anilines is 1. The number of hydrogen-bond acceptors (Lipinski definition) is 6. The molecule has 0 bridgehead atoms. The molecule has 2 heterocycles. The van der Waals surface area contributed by atoms with E-state index < -0.39 is 0 Å². The molecular weight excluding hydrogens is 438 g/mol. The van der Waals surface area contributed by atoms with Gasteiger partial charge in [-0.25, -0.2) is 4.98 Å². The van der Waals surface area contributed by atoms with E-state index in [1.54, 1.807) is 6.20 Å². The third-order valence-electron chi connectivity index (χ3n) is 4.27. The lowest BCUT2D eigenvalue weighted by molar-refractivity contribution is 0.102. The van der Waals surface area contributed by atoms with E-state index in [2.05, 4.69) is 15.5 Å². The first-order chi connectivity index (χ1) is 14.6. The van der Waals surface area contributed by atoms with Crippen molar-refractivity contribution in [3.8, 4) is 0 Å². The number of benzene rings is 2. The first-order valence-electron chi connectivity index (χ1n) is 9.22. The Morgan fingerprint density at radius 3 is 2.80 bits per heavy atom. The number of halogens is 1. The molecule has 2 aromatic heterocycles. The minimum atomic E-state index is -0.189. The Bertz CT molecular complexity index is 1170. The van der Waals surface area contributed by atoms with E-state index in [1.165, 1.54) is 23.1 Å². The van der Waals surface area contributed by atoms with Crippen molar-refractivity contribution >= 4 is 45.7 Å². The van der Waals surface area contributed by atoms with E-state index in [9.17, 15) is 4.79 Å². The summed E-state index contributed by atoms with van der Waals surface area (Å²) in [5.74, 6) is 1.19. The fraction of sp³-hybridized carbons (Fsp3) is 0.136. The van der Waals surface area contributed by atoms with Crippen LogP contribution in [0.15, 0.2) is 70.2 Å². The van der Waals surface area contributed by atoms with Crippen molar-refractivity contribution in [1.82, 2.24) is 10.1 Å². The Morgan fingerprint density at radius 2 is 2.00 bits per heavy atom. The molecular formula is C22H18ClN3O2S2. The van der Waals surface area contributed by atoms with Gasteiger partial charge in [0.2, 0.25) is 0 Å². The van der Waals surface area contributed by atoms with Crippen molar-refractivity contribution in [2.75, 3.05) is 5.32 Å². The molecule has 0 saturated heterocycles. The number of rotatable bonds is 7. The molecule has 5 nitrogen and oxygen atoms in total.